The third-order valence-corrected chi connectivity index (χ3v) is 4.67. The van der Waals surface area contributed by atoms with Crippen molar-refractivity contribution in [3.05, 3.63) is 29.6 Å². The summed E-state index contributed by atoms with van der Waals surface area (Å²) >= 11 is 0. The van der Waals surface area contributed by atoms with Crippen LogP contribution in [-0.2, 0) is 4.79 Å². The van der Waals surface area contributed by atoms with Gasteiger partial charge in [0.1, 0.15) is 0 Å². The number of likely N-dealkylation sites (tertiary alicyclic amines) is 1. The summed E-state index contributed by atoms with van der Waals surface area (Å²) in [6, 6.07) is 2.76. The van der Waals surface area contributed by atoms with Crippen LogP contribution in [0.3, 0.4) is 0 Å². The van der Waals surface area contributed by atoms with Crippen LogP contribution in [0.5, 0.6) is 5.75 Å². The molecule has 0 spiro atoms. The van der Waals surface area contributed by atoms with Crippen molar-refractivity contribution in [1.82, 2.24) is 10.2 Å². The van der Waals surface area contributed by atoms with Crippen LogP contribution in [0.25, 0.3) is 0 Å². The zero-order valence-electron chi connectivity index (χ0n) is 13.4. The second kappa shape index (κ2) is 6.65. The molecular weight excluding hydrogens is 360 g/mol. The van der Waals surface area contributed by atoms with Crippen molar-refractivity contribution in [2.75, 3.05) is 19.7 Å². The first-order valence-electron chi connectivity index (χ1n) is 7.94. The maximum absolute atomic E-state index is 13.8. The molecule has 2 N–H and O–H groups in total. The predicted molar refractivity (Wildman–Crippen MR) is 80.0 cm³/mol. The minimum absolute atomic E-state index is 0.00190. The first-order valence-corrected chi connectivity index (χ1v) is 7.94. The number of hydrogen-bond acceptors (Lipinski definition) is 3. The van der Waals surface area contributed by atoms with E-state index in [0.29, 0.717) is 12.0 Å². The Bertz CT molecular complexity index is 725. The van der Waals surface area contributed by atoms with E-state index >= 15 is 0 Å². The Kier molecular flexibility index (Phi) is 4.68. The number of amides is 2. The lowest BCUT2D eigenvalue weighted by Crippen LogP contribution is -2.42. The maximum atomic E-state index is 13.8. The molecule has 1 saturated heterocycles. The number of nitrogens with one attached hydrogen (secondary N) is 1. The van der Waals surface area contributed by atoms with E-state index < -0.39 is 55.0 Å². The number of para-hydroxylation sites is 1. The second-order valence-corrected chi connectivity index (χ2v) is 6.30. The fourth-order valence-electron chi connectivity index (χ4n) is 3.33. The van der Waals surface area contributed by atoms with Gasteiger partial charge in [-0.2, -0.15) is 13.2 Å². The lowest BCUT2D eigenvalue weighted by molar-refractivity contribution is -0.187. The number of ether oxygens (including phenoxy) is 1. The Morgan fingerprint density at radius 3 is 2.62 bits per heavy atom. The van der Waals surface area contributed by atoms with Gasteiger partial charge in [-0.05, 0) is 6.07 Å². The van der Waals surface area contributed by atoms with Crippen molar-refractivity contribution < 1.29 is 37.0 Å². The zero-order valence-corrected chi connectivity index (χ0v) is 13.4. The number of carboxylic acid groups (broad SMARTS) is 1. The fraction of sp³-hybridized carbons (Fsp3) is 0.500. The lowest BCUT2D eigenvalue weighted by Gasteiger charge is -2.28. The third kappa shape index (κ3) is 3.40. The summed E-state index contributed by atoms with van der Waals surface area (Å²) < 4.78 is 58.1. The number of carbonyl (C=O) groups is 2. The van der Waals surface area contributed by atoms with Gasteiger partial charge in [0.15, 0.2) is 11.6 Å². The molecule has 6 nitrogen and oxygen atoms in total. The number of aliphatic carboxylic acids is 1. The highest BCUT2D eigenvalue weighted by molar-refractivity contribution is 5.78. The number of rotatable bonds is 2. The molecular formula is C16H16F4N2O4. The zero-order chi connectivity index (χ0) is 19.1. The summed E-state index contributed by atoms with van der Waals surface area (Å²) in [6.07, 6.45) is -4.40. The average molecular weight is 376 g/mol. The Balaban J connectivity index is 1.74. The molecule has 0 radical (unpaired) electrons. The van der Waals surface area contributed by atoms with E-state index in [1.807, 2.05) is 0 Å². The molecule has 10 heteroatoms. The highest BCUT2D eigenvalue weighted by atomic mass is 19.4. The number of benzene rings is 1. The highest BCUT2D eigenvalue weighted by Crippen LogP contribution is 2.38. The van der Waals surface area contributed by atoms with Gasteiger partial charge < -0.3 is 20.1 Å². The minimum Gasteiger partial charge on any atom is -0.490 e. The summed E-state index contributed by atoms with van der Waals surface area (Å²) in [5, 5.41) is 11.6. The van der Waals surface area contributed by atoms with Gasteiger partial charge in [0, 0.05) is 25.1 Å². The van der Waals surface area contributed by atoms with E-state index in [2.05, 4.69) is 5.32 Å². The van der Waals surface area contributed by atoms with E-state index in [4.69, 9.17) is 9.84 Å². The Labute approximate surface area is 145 Å². The van der Waals surface area contributed by atoms with Gasteiger partial charge in [0.2, 0.25) is 0 Å². The number of carboxylic acids is 1. The molecule has 0 bridgehead atoms. The highest BCUT2D eigenvalue weighted by Gasteiger charge is 2.53. The summed E-state index contributed by atoms with van der Waals surface area (Å²) in [5.41, 5.74) is 0.394. The summed E-state index contributed by atoms with van der Waals surface area (Å²) in [4.78, 5) is 24.3. The Morgan fingerprint density at radius 1 is 1.27 bits per heavy atom. The van der Waals surface area contributed by atoms with Crippen LogP contribution in [0.4, 0.5) is 22.4 Å². The van der Waals surface area contributed by atoms with E-state index in [1.165, 1.54) is 12.1 Å². The number of urea groups is 1. The Morgan fingerprint density at radius 2 is 2.00 bits per heavy atom. The quantitative estimate of drug-likeness (QED) is 0.778. The smallest absolute Gasteiger partial charge is 0.394 e. The summed E-state index contributed by atoms with van der Waals surface area (Å²) in [6.45, 7) is -1.13. The second-order valence-electron chi connectivity index (χ2n) is 6.30. The Hall–Kier alpha value is -2.52. The number of fused-ring (bicyclic) bond motifs is 1. The molecule has 2 amide bonds. The van der Waals surface area contributed by atoms with Crippen LogP contribution in [0, 0.1) is 17.7 Å². The minimum atomic E-state index is -4.72. The number of halogens is 4. The van der Waals surface area contributed by atoms with Crippen LogP contribution in [0.1, 0.15) is 18.0 Å². The van der Waals surface area contributed by atoms with E-state index in [-0.39, 0.29) is 12.4 Å². The predicted octanol–water partition coefficient (Wildman–Crippen LogP) is 2.55. The van der Waals surface area contributed by atoms with Gasteiger partial charge in [0.25, 0.3) is 0 Å². The van der Waals surface area contributed by atoms with Crippen molar-refractivity contribution >= 4 is 12.0 Å². The fourth-order valence-corrected chi connectivity index (χ4v) is 3.33. The van der Waals surface area contributed by atoms with Crippen molar-refractivity contribution in [2.24, 2.45) is 11.8 Å². The molecule has 0 unspecified atom stereocenters. The van der Waals surface area contributed by atoms with Crippen molar-refractivity contribution in [2.45, 2.75) is 18.6 Å². The van der Waals surface area contributed by atoms with Gasteiger partial charge in [0.05, 0.1) is 24.5 Å². The first-order chi connectivity index (χ1) is 12.2. The summed E-state index contributed by atoms with van der Waals surface area (Å²) in [7, 11) is 0. The van der Waals surface area contributed by atoms with Crippen molar-refractivity contribution in [3.8, 4) is 5.75 Å². The summed E-state index contributed by atoms with van der Waals surface area (Å²) in [5.74, 6) is -6.01. The van der Waals surface area contributed by atoms with Gasteiger partial charge in [-0.1, -0.05) is 12.1 Å². The molecule has 0 aliphatic carbocycles. The van der Waals surface area contributed by atoms with Crippen molar-refractivity contribution in [1.29, 1.82) is 0 Å². The van der Waals surface area contributed by atoms with E-state index in [0.717, 1.165) is 4.90 Å². The van der Waals surface area contributed by atoms with Crippen LogP contribution in [0.15, 0.2) is 18.2 Å². The lowest BCUT2D eigenvalue weighted by atomic mass is 9.96. The molecule has 0 saturated carbocycles. The van der Waals surface area contributed by atoms with Crippen molar-refractivity contribution in [3.63, 3.8) is 0 Å². The number of alkyl halides is 3. The molecule has 142 valence electrons. The SMILES string of the molecule is O=C(O)[C@@H]1CN(C(=O)N[C@H]2CCOc3c(F)cccc32)C[C@H]1C(F)(F)F. The third-order valence-electron chi connectivity index (χ3n) is 4.67. The van der Waals surface area contributed by atoms with E-state index in [9.17, 15) is 27.2 Å². The molecule has 26 heavy (non-hydrogen) atoms. The van der Waals surface area contributed by atoms with Crippen LogP contribution in [-0.4, -0.2) is 47.9 Å². The number of carbonyl (C=O) groups excluding carboxylic acids is 1. The largest absolute Gasteiger partial charge is 0.490 e. The van der Waals surface area contributed by atoms with Gasteiger partial charge >= 0.3 is 18.2 Å². The number of hydrogen-bond donors (Lipinski definition) is 2. The molecule has 3 atom stereocenters. The standard InChI is InChI=1S/C16H16F4N2O4/c17-11-3-1-2-8-12(4-5-26-13(8)11)21-15(25)22-6-9(14(23)24)10(7-22)16(18,19)20/h1-3,9-10,12H,4-7H2,(H,21,25)(H,23,24)/t9-,10-,12+/m1/s1. The molecule has 2 heterocycles. The van der Waals surface area contributed by atoms with Crippen LogP contribution < -0.4 is 10.1 Å². The van der Waals surface area contributed by atoms with Gasteiger partial charge in [-0.3, -0.25) is 4.79 Å². The molecule has 1 fully saturated rings. The topological polar surface area (TPSA) is 78.9 Å². The molecule has 2 aliphatic rings. The van der Waals surface area contributed by atoms with Crippen LogP contribution in [0.2, 0.25) is 0 Å². The first kappa shape index (κ1) is 18.3. The van der Waals surface area contributed by atoms with E-state index in [1.54, 1.807) is 6.07 Å². The molecule has 0 aromatic heterocycles. The van der Waals surface area contributed by atoms with Crippen LogP contribution >= 0.6 is 0 Å². The molecule has 3 rings (SSSR count). The average Bonchev–Trinajstić information content (AvgIpc) is 3.02. The maximum Gasteiger partial charge on any atom is 0.394 e. The molecule has 1 aromatic rings. The molecule has 2 aliphatic heterocycles. The monoisotopic (exact) mass is 376 g/mol. The molecule has 1 aromatic carbocycles. The van der Waals surface area contributed by atoms with Gasteiger partial charge in [-0.25, -0.2) is 9.18 Å². The number of nitrogens with zero attached hydrogens (tertiary/aromatic N) is 1. The van der Waals surface area contributed by atoms with Gasteiger partial charge in [-0.15, -0.1) is 0 Å². The normalized spacial score (nSPS) is 25.4.